The molecule has 158 valence electrons. The molecule has 0 aliphatic heterocycles. The zero-order chi connectivity index (χ0) is 22.1. The van der Waals surface area contributed by atoms with E-state index in [1.807, 2.05) is 13.0 Å². The maximum Gasteiger partial charge on any atom is 0.326 e. The number of carbonyl (C=O) groups is 1. The highest BCUT2D eigenvalue weighted by Crippen LogP contribution is 2.25. The second kappa shape index (κ2) is 8.06. The molecule has 4 aromatic rings. The quantitative estimate of drug-likeness (QED) is 0.517. The summed E-state index contributed by atoms with van der Waals surface area (Å²) in [6.45, 7) is 1.86. The Bertz CT molecular complexity index is 1310. The van der Waals surface area contributed by atoms with Crippen molar-refractivity contribution in [1.82, 2.24) is 19.9 Å². The number of rotatable bonds is 5. The number of nitrogens with zero attached hydrogens (tertiary/aromatic N) is 3. The minimum absolute atomic E-state index is 0.229. The lowest BCUT2D eigenvalue weighted by molar-refractivity contribution is 0.0940. The molecular formula is C23H22FN5O2. The molecule has 7 nitrogen and oxygen atoms in total. The zero-order valence-corrected chi connectivity index (χ0v) is 17.4. The highest BCUT2D eigenvalue weighted by atomic mass is 19.1. The number of para-hydroxylation sites is 1. The van der Waals surface area contributed by atoms with Gasteiger partial charge >= 0.3 is 5.69 Å². The van der Waals surface area contributed by atoms with Crippen LogP contribution in [0.2, 0.25) is 0 Å². The molecule has 0 saturated heterocycles. The standard InChI is InChI=1S/C23H22FN5O2/c1-14(26-22(30)15-8-10-20-18(12-15)27-23(31)29(20)3)16-9-11-21(25-13-16)28(2)19-7-5-4-6-17(19)24/h4-14H,1-3H3,(H,26,30)(H,27,31)/t14-/m0/s1. The summed E-state index contributed by atoms with van der Waals surface area (Å²) in [5, 5.41) is 2.94. The number of amides is 1. The van der Waals surface area contributed by atoms with Crippen molar-refractivity contribution in [3.63, 3.8) is 0 Å². The topological polar surface area (TPSA) is 83.0 Å². The van der Waals surface area contributed by atoms with Crippen LogP contribution in [0.1, 0.15) is 28.9 Å². The molecule has 0 aliphatic rings. The third kappa shape index (κ3) is 3.92. The molecular weight excluding hydrogens is 397 g/mol. The van der Waals surface area contributed by atoms with Crippen molar-refractivity contribution in [3.8, 4) is 0 Å². The van der Waals surface area contributed by atoms with Gasteiger partial charge in [0.15, 0.2) is 0 Å². The first-order valence-electron chi connectivity index (χ1n) is 9.79. The van der Waals surface area contributed by atoms with Crippen molar-refractivity contribution >= 4 is 28.4 Å². The summed E-state index contributed by atoms with van der Waals surface area (Å²) < 4.78 is 15.5. The maximum absolute atomic E-state index is 14.0. The van der Waals surface area contributed by atoms with Gasteiger partial charge in [0.25, 0.3) is 5.91 Å². The molecule has 0 saturated carbocycles. The number of halogens is 1. The van der Waals surface area contributed by atoms with E-state index in [1.165, 1.54) is 10.6 Å². The largest absolute Gasteiger partial charge is 0.345 e. The number of benzene rings is 2. The monoisotopic (exact) mass is 419 g/mol. The Kier molecular flexibility index (Phi) is 5.29. The number of aromatic amines is 1. The van der Waals surface area contributed by atoms with Crippen molar-refractivity contribution in [1.29, 1.82) is 0 Å². The van der Waals surface area contributed by atoms with Crippen LogP contribution in [-0.4, -0.2) is 27.5 Å². The zero-order valence-electron chi connectivity index (χ0n) is 17.4. The minimum atomic E-state index is -0.326. The Morgan fingerprint density at radius 2 is 1.97 bits per heavy atom. The fraction of sp³-hybridized carbons (Fsp3) is 0.174. The van der Waals surface area contributed by atoms with E-state index >= 15 is 0 Å². The Morgan fingerprint density at radius 3 is 2.68 bits per heavy atom. The van der Waals surface area contributed by atoms with Gasteiger partial charge in [0.1, 0.15) is 11.6 Å². The van der Waals surface area contributed by atoms with E-state index in [0.717, 1.165) is 11.1 Å². The SMILES string of the molecule is C[C@H](NC(=O)c1ccc2c(c1)[nH]c(=O)n2C)c1ccc(N(C)c2ccccc2F)nc1. The van der Waals surface area contributed by atoms with Crippen molar-refractivity contribution in [2.24, 2.45) is 7.05 Å². The smallest absolute Gasteiger partial charge is 0.326 e. The number of pyridine rings is 1. The molecule has 2 heterocycles. The molecule has 0 aliphatic carbocycles. The van der Waals surface area contributed by atoms with Gasteiger partial charge in [-0.3, -0.25) is 9.36 Å². The molecule has 2 N–H and O–H groups in total. The Morgan fingerprint density at radius 1 is 1.19 bits per heavy atom. The molecule has 0 unspecified atom stereocenters. The van der Waals surface area contributed by atoms with Gasteiger partial charge in [0.05, 0.1) is 22.8 Å². The number of nitrogens with one attached hydrogen (secondary N) is 2. The van der Waals surface area contributed by atoms with Gasteiger partial charge in [-0.05, 0) is 48.9 Å². The summed E-state index contributed by atoms with van der Waals surface area (Å²) in [6.07, 6.45) is 1.66. The van der Waals surface area contributed by atoms with Crippen molar-refractivity contribution < 1.29 is 9.18 Å². The van der Waals surface area contributed by atoms with E-state index in [1.54, 1.807) is 67.7 Å². The van der Waals surface area contributed by atoms with Gasteiger partial charge in [-0.25, -0.2) is 14.2 Å². The van der Waals surface area contributed by atoms with Crippen LogP contribution < -0.4 is 15.9 Å². The molecule has 0 spiro atoms. The van der Waals surface area contributed by atoms with Gasteiger partial charge in [-0.1, -0.05) is 18.2 Å². The van der Waals surface area contributed by atoms with Gasteiger partial charge in [-0.15, -0.1) is 0 Å². The van der Waals surface area contributed by atoms with Gasteiger partial charge in [0.2, 0.25) is 0 Å². The summed E-state index contributed by atoms with van der Waals surface area (Å²) in [4.78, 5) is 33.2. The number of anilines is 2. The lowest BCUT2D eigenvalue weighted by Gasteiger charge is -2.20. The third-order valence-electron chi connectivity index (χ3n) is 5.34. The van der Waals surface area contributed by atoms with E-state index in [-0.39, 0.29) is 23.5 Å². The Balaban J connectivity index is 1.48. The molecule has 1 atom stereocenters. The van der Waals surface area contributed by atoms with E-state index in [0.29, 0.717) is 22.6 Å². The number of fused-ring (bicyclic) bond motifs is 1. The Hall–Kier alpha value is -3.94. The number of hydrogen-bond donors (Lipinski definition) is 2. The highest BCUT2D eigenvalue weighted by molar-refractivity contribution is 5.97. The molecule has 8 heteroatoms. The second-order valence-electron chi connectivity index (χ2n) is 7.38. The molecule has 2 aromatic carbocycles. The number of H-pyrrole nitrogens is 1. The van der Waals surface area contributed by atoms with Crippen LogP contribution in [0.5, 0.6) is 0 Å². The van der Waals surface area contributed by atoms with Crippen molar-refractivity contribution in [3.05, 3.63) is 88.2 Å². The van der Waals surface area contributed by atoms with E-state index in [4.69, 9.17) is 0 Å². The first-order valence-corrected chi connectivity index (χ1v) is 9.79. The van der Waals surface area contributed by atoms with Crippen LogP contribution >= 0.6 is 0 Å². The van der Waals surface area contributed by atoms with E-state index in [2.05, 4.69) is 15.3 Å². The van der Waals surface area contributed by atoms with Crippen LogP contribution in [0.25, 0.3) is 11.0 Å². The summed E-state index contributed by atoms with van der Waals surface area (Å²) in [7, 11) is 3.42. The molecule has 0 fully saturated rings. The summed E-state index contributed by atoms with van der Waals surface area (Å²) in [6, 6.07) is 14.9. The number of imidazole rings is 1. The lowest BCUT2D eigenvalue weighted by Crippen LogP contribution is -2.26. The average Bonchev–Trinajstić information content (AvgIpc) is 3.06. The summed E-state index contributed by atoms with van der Waals surface area (Å²) in [5.74, 6) is 0.00533. The fourth-order valence-electron chi connectivity index (χ4n) is 3.44. The molecule has 0 radical (unpaired) electrons. The average molecular weight is 419 g/mol. The number of aromatic nitrogens is 3. The first kappa shape index (κ1) is 20.3. The van der Waals surface area contributed by atoms with Crippen LogP contribution in [0.15, 0.2) is 65.6 Å². The van der Waals surface area contributed by atoms with E-state index in [9.17, 15) is 14.0 Å². The van der Waals surface area contributed by atoms with Crippen LogP contribution in [0.3, 0.4) is 0 Å². The molecule has 1 amide bonds. The summed E-state index contributed by atoms with van der Waals surface area (Å²) in [5.41, 5.74) is 2.80. The molecule has 31 heavy (non-hydrogen) atoms. The van der Waals surface area contributed by atoms with Gasteiger partial charge < -0.3 is 15.2 Å². The first-order chi connectivity index (χ1) is 14.8. The lowest BCUT2D eigenvalue weighted by atomic mass is 10.1. The predicted molar refractivity (Wildman–Crippen MR) is 118 cm³/mol. The Labute approximate surface area is 178 Å². The molecule has 4 rings (SSSR count). The highest BCUT2D eigenvalue weighted by Gasteiger charge is 2.15. The number of aryl methyl sites for hydroxylation is 1. The van der Waals surface area contributed by atoms with Crippen molar-refractivity contribution in [2.75, 3.05) is 11.9 Å². The minimum Gasteiger partial charge on any atom is -0.345 e. The second-order valence-corrected chi connectivity index (χ2v) is 7.38. The molecule has 2 aromatic heterocycles. The summed E-state index contributed by atoms with van der Waals surface area (Å²) >= 11 is 0. The predicted octanol–water partition coefficient (Wildman–Crippen LogP) is 3.66. The fourth-order valence-corrected chi connectivity index (χ4v) is 3.44. The van der Waals surface area contributed by atoms with Crippen LogP contribution in [0.4, 0.5) is 15.9 Å². The molecule has 0 bridgehead atoms. The van der Waals surface area contributed by atoms with Crippen LogP contribution in [-0.2, 0) is 7.05 Å². The third-order valence-corrected chi connectivity index (χ3v) is 5.34. The number of carbonyl (C=O) groups excluding carboxylic acids is 1. The number of hydrogen-bond acceptors (Lipinski definition) is 4. The van der Waals surface area contributed by atoms with Gasteiger partial charge in [0, 0.05) is 25.9 Å². The van der Waals surface area contributed by atoms with Crippen molar-refractivity contribution in [2.45, 2.75) is 13.0 Å². The normalized spacial score (nSPS) is 12.0. The van der Waals surface area contributed by atoms with E-state index < -0.39 is 0 Å². The van der Waals surface area contributed by atoms with Crippen LogP contribution in [0, 0.1) is 5.82 Å². The van der Waals surface area contributed by atoms with Gasteiger partial charge in [-0.2, -0.15) is 0 Å². The maximum atomic E-state index is 14.0.